The summed E-state index contributed by atoms with van der Waals surface area (Å²) in [5.74, 6) is -0.788. The molecule has 0 aromatic carbocycles. The predicted molar refractivity (Wildman–Crippen MR) is 67.6 cm³/mol. The summed E-state index contributed by atoms with van der Waals surface area (Å²) in [6, 6.07) is 4.16. The second-order valence-electron chi connectivity index (χ2n) is 3.93. The molecule has 0 fully saturated rings. The lowest BCUT2D eigenvalue weighted by molar-refractivity contribution is -0.130. The smallest absolute Gasteiger partial charge is 0.354 e. The minimum Gasteiger partial charge on any atom is -0.477 e. The van der Waals surface area contributed by atoms with Crippen molar-refractivity contribution in [1.29, 1.82) is 0 Å². The number of anilines is 1. The molecule has 1 aromatic heterocycles. The van der Waals surface area contributed by atoms with Crippen LogP contribution in [-0.4, -0.2) is 46.5 Å². The van der Waals surface area contributed by atoms with E-state index in [0.29, 0.717) is 12.4 Å². The fourth-order valence-electron chi connectivity index (χ4n) is 1.40. The zero-order chi connectivity index (χ0) is 13.7. The third-order valence-electron chi connectivity index (χ3n) is 2.55. The van der Waals surface area contributed by atoms with Crippen molar-refractivity contribution in [1.82, 2.24) is 9.88 Å². The number of carboxylic acids is 1. The number of hydrogen-bond acceptors (Lipinski definition) is 4. The Labute approximate surface area is 106 Å². The number of carboxylic acid groups (broad SMARTS) is 1. The van der Waals surface area contributed by atoms with Crippen LogP contribution in [0.2, 0.25) is 0 Å². The second kappa shape index (κ2) is 6.00. The van der Waals surface area contributed by atoms with Crippen LogP contribution in [0.15, 0.2) is 18.2 Å². The Kier molecular flexibility index (Phi) is 4.65. The topological polar surface area (TPSA) is 82.5 Å². The lowest BCUT2D eigenvalue weighted by atomic mass is 10.2. The summed E-state index contributed by atoms with van der Waals surface area (Å²) in [5.41, 5.74) is -0.0523. The predicted octanol–water partition coefficient (Wildman–Crippen LogP) is 1.06. The van der Waals surface area contributed by atoms with E-state index in [1.54, 1.807) is 31.0 Å². The Morgan fingerprint density at radius 2 is 2.17 bits per heavy atom. The first kappa shape index (κ1) is 14.0. The fourth-order valence-corrected chi connectivity index (χ4v) is 1.40. The SMILES string of the molecule is CCN(C)C(=O)C(C)Nc1cccc(C(=O)O)n1. The van der Waals surface area contributed by atoms with Crippen molar-refractivity contribution in [3.63, 3.8) is 0 Å². The van der Waals surface area contributed by atoms with Gasteiger partial charge in [-0.25, -0.2) is 9.78 Å². The maximum atomic E-state index is 11.8. The maximum absolute atomic E-state index is 11.8. The first-order valence-corrected chi connectivity index (χ1v) is 5.67. The van der Waals surface area contributed by atoms with E-state index in [9.17, 15) is 9.59 Å². The monoisotopic (exact) mass is 251 g/mol. The second-order valence-corrected chi connectivity index (χ2v) is 3.93. The molecule has 0 aliphatic rings. The number of nitrogens with zero attached hydrogens (tertiary/aromatic N) is 2. The Balaban J connectivity index is 2.75. The average Bonchev–Trinajstić information content (AvgIpc) is 2.37. The molecule has 2 N–H and O–H groups in total. The van der Waals surface area contributed by atoms with E-state index < -0.39 is 12.0 Å². The van der Waals surface area contributed by atoms with Crippen LogP contribution in [0, 0.1) is 0 Å². The first-order chi connectivity index (χ1) is 8.45. The van der Waals surface area contributed by atoms with Gasteiger partial charge in [-0.05, 0) is 26.0 Å². The van der Waals surface area contributed by atoms with Crippen LogP contribution >= 0.6 is 0 Å². The van der Waals surface area contributed by atoms with Crippen molar-refractivity contribution in [2.24, 2.45) is 0 Å². The largest absolute Gasteiger partial charge is 0.477 e. The molecule has 6 nitrogen and oxygen atoms in total. The zero-order valence-corrected chi connectivity index (χ0v) is 10.7. The number of likely N-dealkylation sites (N-methyl/N-ethyl adjacent to an activating group) is 1. The van der Waals surface area contributed by atoms with E-state index in [1.807, 2.05) is 6.92 Å². The summed E-state index contributed by atoms with van der Waals surface area (Å²) in [7, 11) is 1.71. The highest BCUT2D eigenvalue weighted by Gasteiger charge is 2.16. The highest BCUT2D eigenvalue weighted by molar-refractivity contribution is 5.86. The van der Waals surface area contributed by atoms with Crippen molar-refractivity contribution in [3.8, 4) is 0 Å². The molecule has 0 saturated carbocycles. The lowest BCUT2D eigenvalue weighted by Gasteiger charge is -2.20. The molecule has 0 spiro atoms. The van der Waals surface area contributed by atoms with Gasteiger partial charge in [-0.3, -0.25) is 4.79 Å². The minimum absolute atomic E-state index is 0.0523. The van der Waals surface area contributed by atoms with E-state index in [4.69, 9.17) is 5.11 Å². The standard InChI is InChI=1S/C12H17N3O3/c1-4-15(3)11(16)8(2)13-10-7-5-6-9(14-10)12(17)18/h5-8H,4H2,1-3H3,(H,13,14)(H,17,18). The maximum Gasteiger partial charge on any atom is 0.354 e. The molecule has 1 aromatic rings. The summed E-state index contributed by atoms with van der Waals surface area (Å²) in [6.45, 7) is 4.21. The fraction of sp³-hybridized carbons (Fsp3) is 0.417. The van der Waals surface area contributed by atoms with Gasteiger partial charge in [-0.1, -0.05) is 6.07 Å². The first-order valence-electron chi connectivity index (χ1n) is 5.67. The third-order valence-corrected chi connectivity index (χ3v) is 2.55. The van der Waals surface area contributed by atoms with Crippen LogP contribution in [0.25, 0.3) is 0 Å². The van der Waals surface area contributed by atoms with Crippen LogP contribution in [0.3, 0.4) is 0 Å². The molecule has 6 heteroatoms. The molecule has 18 heavy (non-hydrogen) atoms. The summed E-state index contributed by atoms with van der Waals surface area (Å²) < 4.78 is 0. The number of hydrogen-bond donors (Lipinski definition) is 2. The van der Waals surface area contributed by atoms with Crippen LogP contribution in [0.1, 0.15) is 24.3 Å². The van der Waals surface area contributed by atoms with Crippen molar-refractivity contribution >= 4 is 17.7 Å². The highest BCUT2D eigenvalue weighted by atomic mass is 16.4. The zero-order valence-electron chi connectivity index (χ0n) is 10.7. The Morgan fingerprint density at radius 3 is 2.72 bits per heavy atom. The van der Waals surface area contributed by atoms with Crippen LogP contribution in [-0.2, 0) is 4.79 Å². The number of carbonyl (C=O) groups is 2. The van der Waals surface area contributed by atoms with Crippen molar-refractivity contribution in [2.75, 3.05) is 18.9 Å². The number of aromatic nitrogens is 1. The molecule has 0 saturated heterocycles. The number of amides is 1. The summed E-state index contributed by atoms with van der Waals surface area (Å²) in [6.07, 6.45) is 0. The van der Waals surface area contributed by atoms with Gasteiger partial charge < -0.3 is 15.3 Å². The molecule has 1 heterocycles. The normalized spacial score (nSPS) is 11.7. The molecule has 1 amide bonds. The number of pyridine rings is 1. The van der Waals surface area contributed by atoms with Gasteiger partial charge in [-0.15, -0.1) is 0 Å². The number of carbonyl (C=O) groups excluding carboxylic acids is 1. The molecule has 0 radical (unpaired) electrons. The summed E-state index contributed by atoms with van der Waals surface area (Å²) in [4.78, 5) is 28.1. The van der Waals surface area contributed by atoms with Gasteiger partial charge in [0.05, 0.1) is 0 Å². The van der Waals surface area contributed by atoms with Crippen molar-refractivity contribution in [3.05, 3.63) is 23.9 Å². The molecular weight excluding hydrogens is 234 g/mol. The third kappa shape index (κ3) is 3.44. The molecule has 1 unspecified atom stereocenters. The molecule has 1 rings (SSSR count). The van der Waals surface area contributed by atoms with Crippen molar-refractivity contribution < 1.29 is 14.7 Å². The van der Waals surface area contributed by atoms with Gasteiger partial charge in [0.15, 0.2) is 5.69 Å². The van der Waals surface area contributed by atoms with Gasteiger partial charge >= 0.3 is 5.97 Å². The molecule has 98 valence electrons. The Bertz CT molecular complexity index is 448. The molecule has 0 bridgehead atoms. The molecule has 0 aliphatic heterocycles. The van der Waals surface area contributed by atoms with E-state index in [1.165, 1.54) is 6.07 Å². The minimum atomic E-state index is -1.09. The summed E-state index contributed by atoms with van der Waals surface area (Å²) >= 11 is 0. The molecule has 0 aliphatic carbocycles. The number of rotatable bonds is 5. The van der Waals surface area contributed by atoms with E-state index >= 15 is 0 Å². The summed E-state index contributed by atoms with van der Waals surface area (Å²) in [5, 5.41) is 11.7. The Morgan fingerprint density at radius 1 is 1.50 bits per heavy atom. The number of nitrogens with one attached hydrogen (secondary N) is 1. The van der Waals surface area contributed by atoms with Gasteiger partial charge in [0.1, 0.15) is 11.9 Å². The van der Waals surface area contributed by atoms with Gasteiger partial charge in [-0.2, -0.15) is 0 Å². The van der Waals surface area contributed by atoms with E-state index in [-0.39, 0.29) is 11.6 Å². The van der Waals surface area contributed by atoms with Crippen molar-refractivity contribution in [2.45, 2.75) is 19.9 Å². The van der Waals surface area contributed by atoms with E-state index in [2.05, 4.69) is 10.3 Å². The highest BCUT2D eigenvalue weighted by Crippen LogP contribution is 2.07. The van der Waals surface area contributed by atoms with Gasteiger partial charge in [0, 0.05) is 13.6 Å². The van der Waals surface area contributed by atoms with Gasteiger partial charge in [0.2, 0.25) is 5.91 Å². The number of aromatic carboxylic acids is 1. The van der Waals surface area contributed by atoms with E-state index in [0.717, 1.165) is 0 Å². The van der Waals surface area contributed by atoms with Crippen LogP contribution in [0.4, 0.5) is 5.82 Å². The average molecular weight is 251 g/mol. The molecular formula is C12H17N3O3. The van der Waals surface area contributed by atoms with Crippen LogP contribution < -0.4 is 5.32 Å². The van der Waals surface area contributed by atoms with Crippen LogP contribution in [0.5, 0.6) is 0 Å². The Hall–Kier alpha value is -2.11. The lowest BCUT2D eigenvalue weighted by Crippen LogP contribution is -2.39. The quantitative estimate of drug-likeness (QED) is 0.817. The van der Waals surface area contributed by atoms with Gasteiger partial charge in [0.25, 0.3) is 0 Å². The molecule has 1 atom stereocenters.